The topological polar surface area (TPSA) is 86.7 Å². The van der Waals surface area contributed by atoms with Gasteiger partial charge in [0, 0.05) is 30.4 Å². The van der Waals surface area contributed by atoms with E-state index in [0.29, 0.717) is 5.92 Å². The number of nitrogens with zero attached hydrogens (tertiary/aromatic N) is 3. The molecule has 3 N–H and O–H groups in total. The van der Waals surface area contributed by atoms with Gasteiger partial charge in [0.25, 0.3) is 0 Å². The highest BCUT2D eigenvalue weighted by molar-refractivity contribution is 5.36. The minimum absolute atomic E-state index is 0.155. The Kier molecular flexibility index (Phi) is 3.41. The Morgan fingerprint density at radius 2 is 2.26 bits per heavy atom. The summed E-state index contributed by atoms with van der Waals surface area (Å²) < 4.78 is 0. The van der Waals surface area contributed by atoms with E-state index in [4.69, 9.17) is 0 Å². The Labute approximate surface area is 111 Å². The van der Waals surface area contributed by atoms with Crippen LogP contribution in [0.25, 0.3) is 0 Å². The SMILES string of the molecule is OC1CC(c2cc(NCCc3cn[nH]c3)ncn2)C1. The van der Waals surface area contributed by atoms with Gasteiger partial charge in [0.15, 0.2) is 0 Å². The Bertz CT molecular complexity index is 522. The first kappa shape index (κ1) is 12.1. The Hall–Kier alpha value is -1.95. The molecular formula is C13H17N5O. The highest BCUT2D eigenvalue weighted by atomic mass is 16.3. The van der Waals surface area contributed by atoms with Crippen LogP contribution in [0.2, 0.25) is 0 Å². The van der Waals surface area contributed by atoms with Gasteiger partial charge in [0.05, 0.1) is 12.3 Å². The van der Waals surface area contributed by atoms with Crippen LogP contribution in [0.4, 0.5) is 5.82 Å². The number of nitrogens with one attached hydrogen (secondary N) is 2. The monoisotopic (exact) mass is 259 g/mol. The fourth-order valence-corrected chi connectivity index (χ4v) is 2.27. The lowest BCUT2D eigenvalue weighted by molar-refractivity contribution is 0.0732. The molecule has 6 heteroatoms. The lowest BCUT2D eigenvalue weighted by Crippen LogP contribution is -2.27. The first-order valence-corrected chi connectivity index (χ1v) is 6.53. The van der Waals surface area contributed by atoms with Gasteiger partial charge in [0.1, 0.15) is 12.1 Å². The summed E-state index contributed by atoms with van der Waals surface area (Å²) in [4.78, 5) is 8.49. The average molecular weight is 259 g/mol. The van der Waals surface area contributed by atoms with Crippen LogP contribution in [-0.4, -0.2) is 37.9 Å². The van der Waals surface area contributed by atoms with Crippen molar-refractivity contribution in [2.45, 2.75) is 31.3 Å². The smallest absolute Gasteiger partial charge is 0.129 e. The third-order valence-electron chi connectivity index (χ3n) is 3.49. The number of aromatic amines is 1. The molecule has 3 rings (SSSR count). The van der Waals surface area contributed by atoms with Gasteiger partial charge in [0.2, 0.25) is 0 Å². The van der Waals surface area contributed by atoms with Gasteiger partial charge in [-0.15, -0.1) is 0 Å². The molecule has 0 unspecified atom stereocenters. The van der Waals surface area contributed by atoms with E-state index in [2.05, 4.69) is 25.5 Å². The molecule has 2 aromatic rings. The van der Waals surface area contributed by atoms with Crippen molar-refractivity contribution in [1.82, 2.24) is 20.2 Å². The van der Waals surface area contributed by atoms with E-state index in [1.54, 1.807) is 6.33 Å². The van der Waals surface area contributed by atoms with Crippen LogP contribution in [0, 0.1) is 0 Å². The Balaban J connectivity index is 1.54. The zero-order chi connectivity index (χ0) is 13.1. The van der Waals surface area contributed by atoms with Crippen molar-refractivity contribution in [3.63, 3.8) is 0 Å². The number of hydrogen-bond acceptors (Lipinski definition) is 5. The van der Waals surface area contributed by atoms with E-state index in [9.17, 15) is 5.11 Å². The second-order valence-corrected chi connectivity index (χ2v) is 4.93. The van der Waals surface area contributed by atoms with E-state index in [1.165, 1.54) is 5.56 Å². The van der Waals surface area contributed by atoms with E-state index in [-0.39, 0.29) is 6.10 Å². The molecule has 0 aliphatic heterocycles. The van der Waals surface area contributed by atoms with E-state index < -0.39 is 0 Å². The Morgan fingerprint density at radius 1 is 1.37 bits per heavy atom. The molecule has 1 aliphatic carbocycles. The summed E-state index contributed by atoms with van der Waals surface area (Å²) in [5, 5.41) is 19.3. The molecule has 2 aromatic heterocycles. The van der Waals surface area contributed by atoms with Crippen molar-refractivity contribution in [1.29, 1.82) is 0 Å². The molecular weight excluding hydrogens is 242 g/mol. The third-order valence-corrected chi connectivity index (χ3v) is 3.49. The van der Waals surface area contributed by atoms with Crippen LogP contribution in [0.5, 0.6) is 0 Å². The van der Waals surface area contributed by atoms with Crippen molar-refractivity contribution in [2.24, 2.45) is 0 Å². The molecule has 1 aliphatic rings. The van der Waals surface area contributed by atoms with Crippen LogP contribution in [0.3, 0.4) is 0 Å². The molecule has 0 amide bonds. The van der Waals surface area contributed by atoms with Crippen molar-refractivity contribution in [3.05, 3.63) is 36.0 Å². The van der Waals surface area contributed by atoms with E-state index in [1.807, 2.05) is 18.5 Å². The maximum Gasteiger partial charge on any atom is 0.129 e. The molecule has 1 saturated carbocycles. The molecule has 0 bridgehead atoms. The minimum Gasteiger partial charge on any atom is -0.393 e. The van der Waals surface area contributed by atoms with Gasteiger partial charge in [-0.05, 0) is 24.8 Å². The zero-order valence-electron chi connectivity index (χ0n) is 10.6. The summed E-state index contributed by atoms with van der Waals surface area (Å²) >= 11 is 0. The quantitative estimate of drug-likeness (QED) is 0.748. The van der Waals surface area contributed by atoms with Gasteiger partial charge in [-0.3, -0.25) is 5.10 Å². The summed E-state index contributed by atoms with van der Waals surface area (Å²) in [6.45, 7) is 0.809. The molecule has 0 aromatic carbocycles. The van der Waals surface area contributed by atoms with Gasteiger partial charge in [-0.1, -0.05) is 0 Å². The minimum atomic E-state index is -0.155. The van der Waals surface area contributed by atoms with Crippen molar-refractivity contribution in [2.75, 3.05) is 11.9 Å². The highest BCUT2D eigenvalue weighted by Gasteiger charge is 2.29. The molecule has 6 nitrogen and oxygen atoms in total. The van der Waals surface area contributed by atoms with Crippen LogP contribution in [0.1, 0.15) is 30.0 Å². The molecule has 0 saturated heterocycles. The number of aromatic nitrogens is 4. The molecule has 19 heavy (non-hydrogen) atoms. The fourth-order valence-electron chi connectivity index (χ4n) is 2.27. The van der Waals surface area contributed by atoms with Gasteiger partial charge < -0.3 is 10.4 Å². The zero-order valence-corrected chi connectivity index (χ0v) is 10.6. The van der Waals surface area contributed by atoms with E-state index >= 15 is 0 Å². The average Bonchev–Trinajstić information content (AvgIpc) is 2.89. The molecule has 2 heterocycles. The second-order valence-electron chi connectivity index (χ2n) is 4.93. The number of H-pyrrole nitrogens is 1. The first-order valence-electron chi connectivity index (χ1n) is 6.53. The van der Waals surface area contributed by atoms with Gasteiger partial charge >= 0.3 is 0 Å². The lowest BCUT2D eigenvalue weighted by atomic mass is 9.80. The van der Waals surface area contributed by atoms with Gasteiger partial charge in [-0.25, -0.2) is 9.97 Å². The Morgan fingerprint density at radius 3 is 3.00 bits per heavy atom. The van der Waals surface area contributed by atoms with Crippen LogP contribution in [0.15, 0.2) is 24.8 Å². The molecule has 1 fully saturated rings. The largest absolute Gasteiger partial charge is 0.393 e. The number of aliphatic hydroxyl groups excluding tert-OH is 1. The number of hydrogen-bond donors (Lipinski definition) is 3. The molecule has 0 atom stereocenters. The predicted octanol–water partition coefficient (Wildman–Crippen LogP) is 1.09. The summed E-state index contributed by atoms with van der Waals surface area (Å²) in [7, 11) is 0. The number of anilines is 1. The second kappa shape index (κ2) is 5.36. The highest BCUT2D eigenvalue weighted by Crippen LogP contribution is 2.35. The number of rotatable bonds is 5. The van der Waals surface area contributed by atoms with Crippen LogP contribution >= 0.6 is 0 Å². The van der Waals surface area contributed by atoms with Crippen molar-refractivity contribution >= 4 is 5.82 Å². The first-order chi connectivity index (χ1) is 9.31. The van der Waals surface area contributed by atoms with Crippen LogP contribution < -0.4 is 5.32 Å². The maximum atomic E-state index is 9.33. The lowest BCUT2D eigenvalue weighted by Gasteiger charge is -2.30. The molecule has 0 spiro atoms. The normalized spacial score (nSPS) is 21.9. The molecule has 0 radical (unpaired) electrons. The fraction of sp³-hybridized carbons (Fsp3) is 0.462. The summed E-state index contributed by atoms with van der Waals surface area (Å²) in [6, 6.07) is 1.98. The number of aliphatic hydroxyl groups is 1. The van der Waals surface area contributed by atoms with Crippen LogP contribution in [-0.2, 0) is 6.42 Å². The maximum absolute atomic E-state index is 9.33. The van der Waals surface area contributed by atoms with Crippen molar-refractivity contribution in [3.8, 4) is 0 Å². The summed E-state index contributed by atoms with van der Waals surface area (Å²) in [5.74, 6) is 1.22. The summed E-state index contributed by atoms with van der Waals surface area (Å²) in [6.07, 6.45) is 7.67. The molecule has 100 valence electrons. The van der Waals surface area contributed by atoms with Gasteiger partial charge in [-0.2, -0.15) is 5.10 Å². The predicted molar refractivity (Wildman–Crippen MR) is 70.8 cm³/mol. The standard InChI is InChI=1S/C13H17N5O/c19-11-3-10(4-11)12-5-13(16-8-15-12)14-2-1-9-6-17-18-7-9/h5-8,10-11,19H,1-4H2,(H,17,18)(H,14,15,16). The van der Waals surface area contributed by atoms with E-state index in [0.717, 1.165) is 37.3 Å². The summed E-state index contributed by atoms with van der Waals surface area (Å²) in [5.41, 5.74) is 2.19. The third kappa shape index (κ3) is 2.90. The van der Waals surface area contributed by atoms with Crippen molar-refractivity contribution < 1.29 is 5.11 Å².